The predicted octanol–water partition coefficient (Wildman–Crippen LogP) is 3.18. The van der Waals surface area contributed by atoms with Gasteiger partial charge in [0.05, 0.1) is 5.69 Å². The molecule has 124 valence electrons. The van der Waals surface area contributed by atoms with Crippen molar-refractivity contribution >= 4 is 17.4 Å². The van der Waals surface area contributed by atoms with E-state index in [9.17, 15) is 0 Å². The van der Waals surface area contributed by atoms with Gasteiger partial charge in [-0.15, -0.1) is 0 Å². The van der Waals surface area contributed by atoms with E-state index in [0.29, 0.717) is 11.2 Å². The first-order valence-electron chi connectivity index (χ1n) is 9.26. The van der Waals surface area contributed by atoms with Crippen LogP contribution in [0.2, 0.25) is 5.28 Å². The van der Waals surface area contributed by atoms with Crippen molar-refractivity contribution in [2.24, 2.45) is 17.8 Å². The summed E-state index contributed by atoms with van der Waals surface area (Å²) in [5, 5.41) is 0.429. The molecule has 5 heteroatoms. The number of nitrogens with zero attached hydrogens (tertiary/aromatic N) is 4. The Morgan fingerprint density at radius 3 is 2.48 bits per heavy atom. The number of rotatable bonds is 4. The number of aromatic nitrogens is 2. The molecule has 2 saturated carbocycles. The molecule has 0 N–H and O–H groups in total. The Bertz CT molecular complexity index is 585. The Balaban J connectivity index is 1.27. The molecule has 4 fully saturated rings. The van der Waals surface area contributed by atoms with Crippen LogP contribution in [0.25, 0.3) is 0 Å². The number of piperidine rings is 2. The van der Waals surface area contributed by atoms with Crippen LogP contribution >= 0.6 is 11.6 Å². The van der Waals surface area contributed by atoms with Gasteiger partial charge in [0.2, 0.25) is 5.28 Å². The van der Waals surface area contributed by atoms with Crippen molar-refractivity contribution in [3.05, 3.63) is 17.0 Å². The summed E-state index contributed by atoms with van der Waals surface area (Å²) in [6.45, 7) is 6.07. The number of likely N-dealkylation sites (tertiary alicyclic amines) is 1. The second-order valence-electron chi connectivity index (χ2n) is 8.10. The molecule has 4 aliphatic rings. The molecule has 5 rings (SSSR count). The average Bonchev–Trinajstić information content (AvgIpc) is 3.48. The molecular weight excluding hydrogens is 308 g/mol. The summed E-state index contributed by atoms with van der Waals surface area (Å²) in [7, 11) is 0. The van der Waals surface area contributed by atoms with Crippen LogP contribution in [-0.2, 0) is 0 Å². The van der Waals surface area contributed by atoms with Gasteiger partial charge in [0.25, 0.3) is 0 Å². The molecule has 0 radical (unpaired) electrons. The second-order valence-corrected chi connectivity index (χ2v) is 8.44. The largest absolute Gasteiger partial charge is 0.356 e. The first-order chi connectivity index (χ1) is 11.2. The Kier molecular flexibility index (Phi) is 3.52. The van der Waals surface area contributed by atoms with E-state index in [1.165, 1.54) is 57.4 Å². The lowest BCUT2D eigenvalue weighted by molar-refractivity contribution is 0.203. The Hall–Kier alpha value is -0.870. The summed E-state index contributed by atoms with van der Waals surface area (Å²) in [5.41, 5.74) is 1.17. The van der Waals surface area contributed by atoms with E-state index in [-0.39, 0.29) is 0 Å². The maximum absolute atomic E-state index is 6.24. The highest BCUT2D eigenvalue weighted by atomic mass is 35.5. The Labute approximate surface area is 143 Å². The van der Waals surface area contributed by atoms with Crippen molar-refractivity contribution in [1.82, 2.24) is 14.9 Å². The summed E-state index contributed by atoms with van der Waals surface area (Å²) in [6.07, 6.45) is 6.74. The summed E-state index contributed by atoms with van der Waals surface area (Å²) < 4.78 is 0. The van der Waals surface area contributed by atoms with E-state index < -0.39 is 0 Å². The zero-order valence-corrected chi connectivity index (χ0v) is 14.4. The molecule has 2 unspecified atom stereocenters. The second kappa shape index (κ2) is 5.59. The van der Waals surface area contributed by atoms with Gasteiger partial charge in [-0.25, -0.2) is 9.97 Å². The quantitative estimate of drug-likeness (QED) is 0.793. The van der Waals surface area contributed by atoms with Crippen molar-refractivity contribution in [3.8, 4) is 0 Å². The number of hydrogen-bond donors (Lipinski definition) is 0. The highest BCUT2D eigenvalue weighted by Gasteiger charge is 2.45. The highest BCUT2D eigenvalue weighted by Crippen LogP contribution is 2.46. The highest BCUT2D eigenvalue weighted by molar-refractivity contribution is 6.28. The number of anilines is 1. The summed E-state index contributed by atoms with van der Waals surface area (Å²) in [5.74, 6) is 4.44. The molecule has 0 spiro atoms. The van der Waals surface area contributed by atoms with Gasteiger partial charge in [0.15, 0.2) is 0 Å². The van der Waals surface area contributed by atoms with Crippen LogP contribution in [0.15, 0.2) is 6.07 Å². The van der Waals surface area contributed by atoms with E-state index in [1.807, 2.05) is 0 Å². The van der Waals surface area contributed by atoms with Crippen molar-refractivity contribution in [2.75, 3.05) is 37.6 Å². The standard InChI is InChI=1S/C18H25ClN4/c19-18-20-16(8-17(21-18)23-10-14-7-15(14)11-23)13-3-5-22(6-4-13)9-12-1-2-12/h8,12-15H,1-7,9-11H2. The summed E-state index contributed by atoms with van der Waals surface area (Å²) >= 11 is 6.24. The minimum absolute atomic E-state index is 0.429. The third-order valence-corrected chi connectivity index (χ3v) is 6.40. The first kappa shape index (κ1) is 14.5. The van der Waals surface area contributed by atoms with Crippen LogP contribution in [0.1, 0.15) is 43.7 Å². The fraction of sp³-hybridized carbons (Fsp3) is 0.778. The van der Waals surface area contributed by atoms with Gasteiger partial charge < -0.3 is 9.80 Å². The maximum atomic E-state index is 6.24. The summed E-state index contributed by atoms with van der Waals surface area (Å²) in [4.78, 5) is 14.1. The molecular formula is C18H25ClN4. The van der Waals surface area contributed by atoms with E-state index in [2.05, 4.69) is 25.8 Å². The minimum Gasteiger partial charge on any atom is -0.356 e. The Morgan fingerprint density at radius 1 is 1.04 bits per heavy atom. The molecule has 0 amide bonds. The van der Waals surface area contributed by atoms with Gasteiger partial charge in [0, 0.05) is 31.6 Å². The monoisotopic (exact) mass is 332 g/mol. The zero-order valence-electron chi connectivity index (χ0n) is 13.6. The SMILES string of the molecule is Clc1nc(C2CCN(CC3CC3)CC2)cc(N2CC3CC3C2)n1. The molecule has 3 heterocycles. The molecule has 1 aromatic heterocycles. The lowest BCUT2D eigenvalue weighted by Gasteiger charge is -2.32. The topological polar surface area (TPSA) is 32.3 Å². The fourth-order valence-electron chi connectivity index (χ4n) is 4.46. The van der Waals surface area contributed by atoms with E-state index in [1.54, 1.807) is 0 Å². The van der Waals surface area contributed by atoms with Gasteiger partial charge in [-0.05, 0) is 74.5 Å². The molecule has 0 aromatic carbocycles. The zero-order chi connectivity index (χ0) is 15.4. The lowest BCUT2D eigenvalue weighted by Crippen LogP contribution is -2.34. The number of fused-ring (bicyclic) bond motifs is 1. The number of halogens is 1. The molecule has 2 atom stereocenters. The van der Waals surface area contributed by atoms with Gasteiger partial charge in [-0.2, -0.15) is 0 Å². The summed E-state index contributed by atoms with van der Waals surface area (Å²) in [6, 6.07) is 2.22. The Morgan fingerprint density at radius 2 is 1.78 bits per heavy atom. The van der Waals surface area contributed by atoms with Crippen molar-refractivity contribution < 1.29 is 0 Å². The molecule has 0 bridgehead atoms. The molecule has 4 nitrogen and oxygen atoms in total. The third-order valence-electron chi connectivity index (χ3n) is 6.23. The smallest absolute Gasteiger partial charge is 0.224 e. The maximum Gasteiger partial charge on any atom is 0.224 e. The lowest BCUT2D eigenvalue weighted by atomic mass is 9.93. The minimum atomic E-state index is 0.429. The van der Waals surface area contributed by atoms with Crippen LogP contribution in [0.4, 0.5) is 5.82 Å². The van der Waals surface area contributed by atoms with Crippen LogP contribution in [-0.4, -0.2) is 47.6 Å². The molecule has 2 saturated heterocycles. The van der Waals surface area contributed by atoms with Gasteiger partial charge >= 0.3 is 0 Å². The van der Waals surface area contributed by atoms with Crippen LogP contribution in [0.5, 0.6) is 0 Å². The van der Waals surface area contributed by atoms with Crippen LogP contribution < -0.4 is 4.90 Å². The van der Waals surface area contributed by atoms with Gasteiger partial charge in [-0.3, -0.25) is 0 Å². The molecule has 2 aliphatic carbocycles. The van der Waals surface area contributed by atoms with Crippen molar-refractivity contribution in [2.45, 2.75) is 38.0 Å². The van der Waals surface area contributed by atoms with Gasteiger partial charge in [-0.1, -0.05) is 0 Å². The molecule has 1 aromatic rings. The average molecular weight is 333 g/mol. The third kappa shape index (κ3) is 3.08. The van der Waals surface area contributed by atoms with Gasteiger partial charge in [0.1, 0.15) is 5.82 Å². The fourth-order valence-corrected chi connectivity index (χ4v) is 4.64. The van der Waals surface area contributed by atoms with Crippen molar-refractivity contribution in [3.63, 3.8) is 0 Å². The van der Waals surface area contributed by atoms with E-state index >= 15 is 0 Å². The predicted molar refractivity (Wildman–Crippen MR) is 92.0 cm³/mol. The van der Waals surface area contributed by atoms with Crippen molar-refractivity contribution in [1.29, 1.82) is 0 Å². The van der Waals surface area contributed by atoms with Crippen LogP contribution in [0, 0.1) is 17.8 Å². The normalized spacial score (nSPS) is 31.4. The van der Waals surface area contributed by atoms with E-state index in [4.69, 9.17) is 11.6 Å². The van der Waals surface area contributed by atoms with E-state index in [0.717, 1.165) is 36.7 Å². The molecule has 2 aliphatic heterocycles. The first-order valence-corrected chi connectivity index (χ1v) is 9.64. The number of hydrogen-bond acceptors (Lipinski definition) is 4. The molecule has 23 heavy (non-hydrogen) atoms. The van der Waals surface area contributed by atoms with Crippen LogP contribution in [0.3, 0.4) is 0 Å².